The molecule has 2 aliphatic rings. The Balaban J connectivity index is 1.63. The first kappa shape index (κ1) is 18.4. The van der Waals surface area contributed by atoms with E-state index in [1.165, 1.54) is 32.4 Å². The van der Waals surface area contributed by atoms with Crippen LogP contribution in [0.2, 0.25) is 0 Å². The average molecular weight is 364 g/mol. The molecular weight excluding hydrogens is 334 g/mol. The zero-order valence-electron chi connectivity index (χ0n) is 15.1. The number of urea groups is 1. The van der Waals surface area contributed by atoms with E-state index >= 15 is 0 Å². The van der Waals surface area contributed by atoms with Crippen LogP contribution in [0.3, 0.4) is 0 Å². The molecule has 1 unspecified atom stereocenters. The van der Waals surface area contributed by atoms with Crippen molar-refractivity contribution in [1.29, 1.82) is 0 Å². The van der Waals surface area contributed by atoms with Gasteiger partial charge >= 0.3 is 6.03 Å². The Labute approximate surface area is 155 Å². The summed E-state index contributed by atoms with van der Waals surface area (Å²) in [6.45, 7) is 4.20. The lowest BCUT2D eigenvalue weighted by Gasteiger charge is -2.35. The molecule has 2 aliphatic heterocycles. The number of anilines is 1. The van der Waals surface area contributed by atoms with Crippen molar-refractivity contribution < 1.29 is 9.53 Å². The molecule has 6 heteroatoms. The summed E-state index contributed by atoms with van der Waals surface area (Å²) in [6.07, 6.45) is 4.99. The average Bonchev–Trinajstić information content (AvgIpc) is 2.89. The van der Waals surface area contributed by atoms with Crippen molar-refractivity contribution in [2.45, 2.75) is 31.7 Å². The number of amides is 2. The summed E-state index contributed by atoms with van der Waals surface area (Å²) in [5, 5.41) is 3.06. The summed E-state index contributed by atoms with van der Waals surface area (Å²) in [6, 6.07) is 7.85. The number of methoxy groups -OCH3 is 1. The molecule has 0 radical (unpaired) electrons. The van der Waals surface area contributed by atoms with Crippen molar-refractivity contribution in [1.82, 2.24) is 9.80 Å². The van der Waals surface area contributed by atoms with Crippen molar-refractivity contribution in [2.24, 2.45) is 0 Å². The van der Waals surface area contributed by atoms with Gasteiger partial charge in [-0.3, -0.25) is 0 Å². The zero-order valence-corrected chi connectivity index (χ0v) is 15.9. The Bertz CT molecular complexity index is 546. The van der Waals surface area contributed by atoms with Crippen LogP contribution < -0.4 is 10.1 Å². The topological polar surface area (TPSA) is 44.8 Å². The minimum atomic E-state index is 0.0228. The number of thioether (sulfide) groups is 1. The van der Waals surface area contributed by atoms with Crippen molar-refractivity contribution in [3.63, 3.8) is 0 Å². The smallest absolute Gasteiger partial charge is 0.322 e. The Morgan fingerprint density at radius 3 is 2.64 bits per heavy atom. The van der Waals surface area contributed by atoms with Crippen LogP contribution in [-0.4, -0.2) is 66.7 Å². The number of nitrogens with zero attached hydrogens (tertiary/aromatic N) is 2. The van der Waals surface area contributed by atoms with Crippen LogP contribution in [0.25, 0.3) is 0 Å². The number of rotatable bonds is 4. The van der Waals surface area contributed by atoms with E-state index in [0.29, 0.717) is 6.04 Å². The maximum atomic E-state index is 12.9. The van der Waals surface area contributed by atoms with Gasteiger partial charge < -0.3 is 19.9 Å². The van der Waals surface area contributed by atoms with Crippen molar-refractivity contribution in [2.75, 3.05) is 50.1 Å². The molecule has 1 aromatic carbocycles. The first-order valence-electron chi connectivity index (χ1n) is 9.28. The molecule has 3 rings (SSSR count). The van der Waals surface area contributed by atoms with Gasteiger partial charge in [0.1, 0.15) is 5.75 Å². The molecule has 2 amide bonds. The first-order valence-corrected chi connectivity index (χ1v) is 10.4. The molecule has 0 spiro atoms. The molecule has 1 aromatic rings. The van der Waals surface area contributed by atoms with Crippen LogP contribution in [0.4, 0.5) is 10.5 Å². The summed E-state index contributed by atoms with van der Waals surface area (Å²) < 4.78 is 5.18. The molecule has 2 saturated heterocycles. The number of piperidine rings is 1. The minimum absolute atomic E-state index is 0.0228. The Hall–Kier alpha value is -1.40. The number of carbonyl (C=O) groups excluding carboxylic acids is 1. The fraction of sp³-hybridized carbons (Fsp3) is 0.632. The first-order chi connectivity index (χ1) is 12.3. The lowest BCUT2D eigenvalue weighted by molar-refractivity contribution is 0.151. The monoisotopic (exact) mass is 363 g/mol. The lowest BCUT2D eigenvalue weighted by atomic mass is 10.1. The minimum Gasteiger partial charge on any atom is -0.497 e. The Morgan fingerprint density at radius 2 is 1.92 bits per heavy atom. The highest BCUT2D eigenvalue weighted by Crippen LogP contribution is 2.21. The largest absolute Gasteiger partial charge is 0.497 e. The third kappa shape index (κ3) is 5.28. The third-order valence-electron chi connectivity index (χ3n) is 4.96. The van der Waals surface area contributed by atoms with Gasteiger partial charge in [0.15, 0.2) is 0 Å². The van der Waals surface area contributed by atoms with Crippen molar-refractivity contribution in [3.05, 3.63) is 24.3 Å². The standard InChI is InChI=1S/C19H29N3O2S/c1-24-18-8-6-16(7-9-18)20-19(23)22-12-5-13-25-15-17(22)14-21-10-3-2-4-11-21/h6-9,17H,2-5,10-15H2,1H3,(H,20,23). The van der Waals surface area contributed by atoms with Crippen LogP contribution >= 0.6 is 11.8 Å². The SMILES string of the molecule is COc1ccc(NC(=O)N2CCCSCC2CN2CCCCC2)cc1. The van der Waals surface area contributed by atoms with Crippen LogP contribution in [-0.2, 0) is 0 Å². The van der Waals surface area contributed by atoms with Crippen molar-refractivity contribution in [3.8, 4) is 5.75 Å². The molecule has 0 aromatic heterocycles. The van der Waals surface area contributed by atoms with E-state index in [-0.39, 0.29) is 6.03 Å². The summed E-state index contributed by atoms with van der Waals surface area (Å²) >= 11 is 1.98. The molecule has 0 aliphatic carbocycles. The quantitative estimate of drug-likeness (QED) is 0.889. The van der Waals surface area contributed by atoms with Crippen LogP contribution in [0.15, 0.2) is 24.3 Å². The normalized spacial score (nSPS) is 22.3. The predicted molar refractivity (Wildman–Crippen MR) is 105 cm³/mol. The van der Waals surface area contributed by atoms with Gasteiger partial charge in [0.2, 0.25) is 0 Å². The van der Waals surface area contributed by atoms with Gasteiger partial charge in [0.25, 0.3) is 0 Å². The van der Waals surface area contributed by atoms with E-state index in [2.05, 4.69) is 15.1 Å². The summed E-state index contributed by atoms with van der Waals surface area (Å²) in [5.41, 5.74) is 0.819. The molecule has 5 nitrogen and oxygen atoms in total. The molecule has 2 heterocycles. The predicted octanol–water partition coefficient (Wildman–Crippen LogP) is 3.52. The molecular formula is C19H29N3O2S. The number of nitrogens with one attached hydrogen (secondary N) is 1. The number of likely N-dealkylation sites (tertiary alicyclic amines) is 1. The Kier molecular flexibility index (Phi) is 6.87. The van der Waals surface area contributed by atoms with E-state index in [4.69, 9.17) is 4.74 Å². The van der Waals surface area contributed by atoms with E-state index < -0.39 is 0 Å². The number of hydrogen-bond donors (Lipinski definition) is 1. The second kappa shape index (κ2) is 9.34. The highest BCUT2D eigenvalue weighted by Gasteiger charge is 2.28. The molecule has 1 atom stereocenters. The molecule has 25 heavy (non-hydrogen) atoms. The van der Waals surface area contributed by atoms with Gasteiger partial charge in [0, 0.05) is 24.5 Å². The van der Waals surface area contributed by atoms with E-state index in [9.17, 15) is 4.79 Å². The molecule has 0 saturated carbocycles. The van der Waals surface area contributed by atoms with Crippen LogP contribution in [0, 0.1) is 0 Å². The second-order valence-corrected chi connectivity index (χ2v) is 7.95. The number of hydrogen-bond acceptors (Lipinski definition) is 4. The molecule has 0 bridgehead atoms. The Morgan fingerprint density at radius 1 is 1.16 bits per heavy atom. The zero-order chi connectivity index (χ0) is 17.5. The highest BCUT2D eigenvalue weighted by molar-refractivity contribution is 7.99. The molecule has 138 valence electrons. The van der Waals surface area contributed by atoms with E-state index in [1.54, 1.807) is 7.11 Å². The van der Waals surface area contributed by atoms with Gasteiger partial charge in [-0.2, -0.15) is 11.8 Å². The fourth-order valence-electron chi connectivity index (χ4n) is 3.56. The number of benzene rings is 1. The van der Waals surface area contributed by atoms with E-state index in [1.807, 2.05) is 36.0 Å². The summed E-state index contributed by atoms with van der Waals surface area (Å²) in [4.78, 5) is 17.5. The second-order valence-electron chi connectivity index (χ2n) is 6.80. The maximum Gasteiger partial charge on any atom is 0.322 e. The lowest BCUT2D eigenvalue weighted by Crippen LogP contribution is -2.50. The fourth-order valence-corrected chi connectivity index (χ4v) is 4.61. The van der Waals surface area contributed by atoms with Gasteiger partial charge in [-0.15, -0.1) is 0 Å². The van der Waals surface area contributed by atoms with Crippen molar-refractivity contribution >= 4 is 23.5 Å². The van der Waals surface area contributed by atoms with Crippen LogP contribution in [0.1, 0.15) is 25.7 Å². The number of ether oxygens (including phenoxy) is 1. The number of carbonyl (C=O) groups is 1. The third-order valence-corrected chi connectivity index (χ3v) is 6.16. The highest BCUT2D eigenvalue weighted by atomic mass is 32.2. The van der Waals surface area contributed by atoms with Gasteiger partial charge in [-0.25, -0.2) is 4.79 Å². The van der Waals surface area contributed by atoms with Gasteiger partial charge in [-0.05, 0) is 62.4 Å². The van der Waals surface area contributed by atoms with Crippen LogP contribution in [0.5, 0.6) is 5.75 Å². The summed E-state index contributed by atoms with van der Waals surface area (Å²) in [5.74, 6) is 2.97. The van der Waals surface area contributed by atoms with Gasteiger partial charge in [0.05, 0.1) is 13.2 Å². The maximum absolute atomic E-state index is 12.9. The van der Waals surface area contributed by atoms with E-state index in [0.717, 1.165) is 42.5 Å². The summed E-state index contributed by atoms with van der Waals surface area (Å²) in [7, 11) is 1.65. The van der Waals surface area contributed by atoms with Gasteiger partial charge in [-0.1, -0.05) is 6.42 Å². The molecule has 2 fully saturated rings. The molecule has 1 N–H and O–H groups in total.